The van der Waals surface area contributed by atoms with E-state index < -0.39 is 5.97 Å². The Morgan fingerprint density at radius 3 is 2.90 bits per heavy atom. The van der Waals surface area contributed by atoms with Crippen molar-refractivity contribution in [3.63, 3.8) is 0 Å². The van der Waals surface area contributed by atoms with Gasteiger partial charge >= 0.3 is 5.97 Å². The number of nitrogens with one attached hydrogen (secondary N) is 1. The predicted octanol–water partition coefficient (Wildman–Crippen LogP) is 3.63. The van der Waals surface area contributed by atoms with Gasteiger partial charge in [0.2, 0.25) is 5.16 Å². The highest BCUT2D eigenvalue weighted by Crippen LogP contribution is 2.27. The molecule has 2 rings (SSSR count). The predicted molar refractivity (Wildman–Crippen MR) is 83.3 cm³/mol. The Morgan fingerprint density at radius 2 is 2.24 bits per heavy atom. The quantitative estimate of drug-likeness (QED) is 0.627. The number of benzene rings is 1. The number of hydrogen-bond acceptors (Lipinski definition) is 4. The fourth-order valence-corrected chi connectivity index (χ4v) is 2.55. The SMILES string of the molecule is CCCc1nc(S/C(=C\c2ccccc2Cl)C(=O)O)n[nH]1. The van der Waals surface area contributed by atoms with E-state index in [0.717, 1.165) is 30.4 Å². The third-order valence-electron chi connectivity index (χ3n) is 2.60. The Hall–Kier alpha value is -1.79. The van der Waals surface area contributed by atoms with Crippen LogP contribution >= 0.6 is 23.4 Å². The van der Waals surface area contributed by atoms with E-state index in [-0.39, 0.29) is 4.91 Å². The number of H-pyrrole nitrogens is 1. The topological polar surface area (TPSA) is 78.9 Å². The minimum atomic E-state index is -1.04. The molecule has 0 atom stereocenters. The molecule has 2 aromatic rings. The van der Waals surface area contributed by atoms with E-state index in [1.54, 1.807) is 24.3 Å². The second-order valence-electron chi connectivity index (χ2n) is 4.25. The van der Waals surface area contributed by atoms with Crippen LogP contribution in [0.4, 0.5) is 0 Å². The van der Waals surface area contributed by atoms with Crippen molar-refractivity contribution >= 4 is 35.4 Å². The number of nitrogens with zero attached hydrogens (tertiary/aromatic N) is 2. The van der Waals surface area contributed by atoms with Gasteiger partial charge in [-0.15, -0.1) is 5.10 Å². The molecular weight excluding hydrogens is 310 g/mol. The number of aliphatic carboxylic acids is 1. The Kier molecular flexibility index (Phi) is 5.41. The summed E-state index contributed by atoms with van der Waals surface area (Å²) in [4.78, 5) is 15.7. The highest BCUT2D eigenvalue weighted by molar-refractivity contribution is 8.04. The van der Waals surface area contributed by atoms with Crippen LogP contribution in [-0.2, 0) is 11.2 Å². The van der Waals surface area contributed by atoms with Gasteiger partial charge in [0.15, 0.2) is 0 Å². The maximum absolute atomic E-state index is 11.4. The number of rotatable bonds is 6. The number of hydrogen-bond donors (Lipinski definition) is 2. The lowest BCUT2D eigenvalue weighted by atomic mass is 10.2. The molecule has 5 nitrogen and oxygen atoms in total. The largest absolute Gasteiger partial charge is 0.477 e. The molecular formula is C14H14ClN3O2S. The van der Waals surface area contributed by atoms with Crippen LogP contribution in [-0.4, -0.2) is 26.3 Å². The maximum Gasteiger partial charge on any atom is 0.342 e. The zero-order valence-corrected chi connectivity index (χ0v) is 12.9. The summed E-state index contributed by atoms with van der Waals surface area (Å²) in [6, 6.07) is 7.06. The summed E-state index contributed by atoms with van der Waals surface area (Å²) < 4.78 is 0. The molecule has 21 heavy (non-hydrogen) atoms. The van der Waals surface area contributed by atoms with Crippen LogP contribution in [0.2, 0.25) is 5.02 Å². The number of carboxylic acids is 1. The van der Waals surface area contributed by atoms with Crippen molar-refractivity contribution < 1.29 is 9.90 Å². The zero-order valence-electron chi connectivity index (χ0n) is 11.3. The normalized spacial score (nSPS) is 11.6. The summed E-state index contributed by atoms with van der Waals surface area (Å²) in [6.45, 7) is 2.04. The fourth-order valence-electron chi connectivity index (χ4n) is 1.64. The van der Waals surface area contributed by atoms with E-state index in [4.69, 9.17) is 11.6 Å². The highest BCUT2D eigenvalue weighted by atomic mass is 35.5. The number of aryl methyl sites for hydroxylation is 1. The van der Waals surface area contributed by atoms with Gasteiger partial charge in [-0.1, -0.05) is 36.7 Å². The second kappa shape index (κ2) is 7.28. The third-order valence-corrected chi connectivity index (χ3v) is 3.82. The lowest BCUT2D eigenvalue weighted by molar-refractivity contribution is -0.131. The van der Waals surface area contributed by atoms with Crippen LogP contribution in [0.1, 0.15) is 24.7 Å². The first-order valence-corrected chi connectivity index (χ1v) is 7.58. The minimum Gasteiger partial charge on any atom is -0.477 e. The van der Waals surface area contributed by atoms with Gasteiger partial charge in [-0.05, 0) is 35.9 Å². The van der Waals surface area contributed by atoms with E-state index in [1.165, 1.54) is 6.08 Å². The number of thioether (sulfide) groups is 1. The molecule has 0 amide bonds. The van der Waals surface area contributed by atoms with Gasteiger partial charge in [0, 0.05) is 11.4 Å². The summed E-state index contributed by atoms with van der Waals surface area (Å²) in [5.41, 5.74) is 0.647. The maximum atomic E-state index is 11.4. The molecule has 1 heterocycles. The molecule has 0 radical (unpaired) electrons. The van der Waals surface area contributed by atoms with Gasteiger partial charge in [-0.2, -0.15) is 0 Å². The second-order valence-corrected chi connectivity index (χ2v) is 5.67. The molecule has 110 valence electrons. The van der Waals surface area contributed by atoms with Gasteiger partial charge in [-0.25, -0.2) is 9.78 Å². The smallest absolute Gasteiger partial charge is 0.342 e. The lowest BCUT2D eigenvalue weighted by Gasteiger charge is -2.01. The third kappa shape index (κ3) is 4.34. The highest BCUT2D eigenvalue weighted by Gasteiger charge is 2.14. The van der Waals surface area contributed by atoms with Crippen molar-refractivity contribution in [1.29, 1.82) is 0 Å². The monoisotopic (exact) mass is 323 g/mol. The molecule has 2 N–H and O–H groups in total. The number of halogens is 1. The van der Waals surface area contributed by atoms with Crippen molar-refractivity contribution in [2.75, 3.05) is 0 Å². The number of aromatic nitrogens is 3. The average molecular weight is 324 g/mol. The summed E-state index contributed by atoms with van der Waals surface area (Å²) in [6.07, 6.45) is 3.25. The Bertz CT molecular complexity index is 670. The van der Waals surface area contributed by atoms with Crippen LogP contribution in [0.5, 0.6) is 0 Å². The van der Waals surface area contributed by atoms with E-state index in [0.29, 0.717) is 15.7 Å². The van der Waals surface area contributed by atoms with Gasteiger partial charge < -0.3 is 5.11 Å². The van der Waals surface area contributed by atoms with Crippen molar-refractivity contribution in [3.05, 3.63) is 45.6 Å². The minimum absolute atomic E-state index is 0.116. The van der Waals surface area contributed by atoms with Crippen LogP contribution in [0.15, 0.2) is 34.3 Å². The Morgan fingerprint density at radius 1 is 1.48 bits per heavy atom. The molecule has 1 aromatic heterocycles. The van der Waals surface area contributed by atoms with E-state index in [9.17, 15) is 9.90 Å². The summed E-state index contributed by atoms with van der Waals surface area (Å²) >= 11 is 7.03. The first-order valence-electron chi connectivity index (χ1n) is 6.38. The van der Waals surface area contributed by atoms with E-state index >= 15 is 0 Å². The molecule has 0 aliphatic carbocycles. The van der Waals surface area contributed by atoms with E-state index in [2.05, 4.69) is 15.2 Å². The molecule has 0 unspecified atom stereocenters. The molecule has 0 aliphatic rings. The molecule has 0 spiro atoms. The van der Waals surface area contributed by atoms with Gasteiger partial charge in [-0.3, -0.25) is 5.10 Å². The first-order chi connectivity index (χ1) is 10.1. The number of carbonyl (C=O) groups is 1. The fraction of sp³-hybridized carbons (Fsp3) is 0.214. The number of carboxylic acid groups (broad SMARTS) is 1. The van der Waals surface area contributed by atoms with Crippen molar-refractivity contribution in [3.8, 4) is 0 Å². The van der Waals surface area contributed by atoms with Crippen molar-refractivity contribution in [2.45, 2.75) is 24.9 Å². The Balaban J connectivity index is 2.23. The molecule has 0 bridgehead atoms. The van der Waals surface area contributed by atoms with Gasteiger partial charge in [0.25, 0.3) is 0 Å². The molecule has 0 saturated carbocycles. The summed E-state index contributed by atoms with van der Waals surface area (Å²) in [7, 11) is 0. The van der Waals surface area contributed by atoms with Crippen LogP contribution < -0.4 is 0 Å². The van der Waals surface area contributed by atoms with Gasteiger partial charge in [0.05, 0.1) is 0 Å². The standard InChI is InChI=1S/C14H14ClN3O2S/c1-2-5-12-16-14(18-17-12)21-11(13(19)20)8-9-6-3-4-7-10(9)15/h3-4,6-8H,2,5H2,1H3,(H,19,20)(H,16,17,18)/b11-8-. The molecule has 0 aliphatic heterocycles. The molecule has 0 saturated heterocycles. The number of aromatic amines is 1. The first kappa shape index (κ1) is 15.6. The van der Waals surface area contributed by atoms with Crippen LogP contribution in [0.25, 0.3) is 6.08 Å². The Labute approximate surface area is 131 Å². The van der Waals surface area contributed by atoms with E-state index in [1.807, 2.05) is 6.92 Å². The van der Waals surface area contributed by atoms with Gasteiger partial charge in [0.1, 0.15) is 10.7 Å². The van der Waals surface area contributed by atoms with Crippen molar-refractivity contribution in [2.24, 2.45) is 0 Å². The van der Waals surface area contributed by atoms with Crippen molar-refractivity contribution in [1.82, 2.24) is 15.2 Å². The molecule has 7 heteroatoms. The van der Waals surface area contributed by atoms with Crippen LogP contribution in [0, 0.1) is 0 Å². The molecule has 0 fully saturated rings. The zero-order chi connectivity index (χ0) is 15.2. The summed E-state index contributed by atoms with van der Waals surface area (Å²) in [5, 5.41) is 17.0. The lowest BCUT2D eigenvalue weighted by Crippen LogP contribution is -1.97. The molecule has 1 aromatic carbocycles. The van der Waals surface area contributed by atoms with Crippen LogP contribution in [0.3, 0.4) is 0 Å². The average Bonchev–Trinajstić information content (AvgIpc) is 2.88. The summed E-state index contributed by atoms with van der Waals surface area (Å²) in [5.74, 6) is -0.288.